The Bertz CT molecular complexity index is 502. The van der Waals surface area contributed by atoms with E-state index in [0.29, 0.717) is 10.8 Å². The van der Waals surface area contributed by atoms with E-state index in [2.05, 4.69) is 20.5 Å². The summed E-state index contributed by atoms with van der Waals surface area (Å²) in [6, 6.07) is 5.55. The van der Waals surface area contributed by atoms with E-state index in [9.17, 15) is 0 Å². The monoisotopic (exact) mass is 223 g/mol. The van der Waals surface area contributed by atoms with Crippen molar-refractivity contribution in [3.05, 3.63) is 23.2 Å². The smallest absolute Gasteiger partial charge is 0.206 e. The minimum Gasteiger partial charge on any atom is -0.285 e. The molecule has 15 heavy (non-hydrogen) atoms. The molecular formula is C9H10ClN5. The third-order valence-corrected chi connectivity index (χ3v) is 2.15. The van der Waals surface area contributed by atoms with Crippen LogP contribution in [-0.2, 0) is 0 Å². The van der Waals surface area contributed by atoms with E-state index in [-0.39, 0.29) is 0 Å². The lowest BCUT2D eigenvalue weighted by Crippen LogP contribution is -1.98. The van der Waals surface area contributed by atoms with Crippen molar-refractivity contribution in [3.63, 3.8) is 0 Å². The molecule has 5 nitrogen and oxygen atoms in total. The van der Waals surface area contributed by atoms with E-state index in [4.69, 9.17) is 11.6 Å². The average molecular weight is 224 g/mol. The van der Waals surface area contributed by atoms with Crippen molar-refractivity contribution in [1.82, 2.24) is 15.2 Å². The van der Waals surface area contributed by atoms with Crippen LogP contribution < -0.4 is 0 Å². The molecule has 0 bridgehead atoms. The van der Waals surface area contributed by atoms with Crippen LogP contribution in [0.5, 0.6) is 0 Å². The molecule has 1 heterocycles. The zero-order valence-electron chi connectivity index (χ0n) is 8.40. The summed E-state index contributed by atoms with van der Waals surface area (Å²) in [5, 5.41) is 17.7. The molecule has 0 atom stereocenters. The molecule has 78 valence electrons. The van der Waals surface area contributed by atoms with Crippen molar-refractivity contribution < 1.29 is 0 Å². The van der Waals surface area contributed by atoms with Crippen molar-refractivity contribution in [1.29, 1.82) is 0 Å². The minimum atomic E-state index is 0.504. The van der Waals surface area contributed by atoms with E-state index >= 15 is 0 Å². The lowest BCUT2D eigenvalue weighted by molar-refractivity contribution is 0.408. The second-order valence-corrected chi connectivity index (χ2v) is 3.65. The lowest BCUT2D eigenvalue weighted by Gasteiger charge is -1.99. The maximum Gasteiger partial charge on any atom is 0.206 e. The number of halogens is 1. The van der Waals surface area contributed by atoms with Crippen LogP contribution >= 0.6 is 11.6 Å². The number of benzene rings is 1. The van der Waals surface area contributed by atoms with Crippen LogP contribution in [0.15, 0.2) is 28.5 Å². The molecule has 1 aromatic carbocycles. The van der Waals surface area contributed by atoms with Gasteiger partial charge >= 0.3 is 0 Å². The van der Waals surface area contributed by atoms with E-state index in [0.717, 1.165) is 10.9 Å². The van der Waals surface area contributed by atoms with Gasteiger partial charge in [0.2, 0.25) is 5.82 Å². The molecule has 1 aromatic heterocycles. The molecule has 2 rings (SSSR count). The largest absolute Gasteiger partial charge is 0.285 e. The highest BCUT2D eigenvalue weighted by atomic mass is 35.5. The molecule has 0 saturated carbocycles. The molecule has 6 heteroatoms. The second-order valence-electron chi connectivity index (χ2n) is 3.25. The lowest BCUT2D eigenvalue weighted by atomic mass is 10.2. The van der Waals surface area contributed by atoms with Crippen LogP contribution in [0.2, 0.25) is 5.02 Å². The van der Waals surface area contributed by atoms with Crippen LogP contribution in [0.3, 0.4) is 0 Å². The van der Waals surface area contributed by atoms with Crippen LogP contribution in [-0.4, -0.2) is 29.3 Å². The molecule has 0 saturated heterocycles. The molecule has 0 aliphatic heterocycles. The van der Waals surface area contributed by atoms with Crippen LogP contribution in [0.25, 0.3) is 10.9 Å². The van der Waals surface area contributed by atoms with E-state index in [1.165, 1.54) is 0 Å². The van der Waals surface area contributed by atoms with E-state index in [1.807, 2.05) is 12.1 Å². The Morgan fingerprint density at radius 2 is 2.20 bits per heavy atom. The summed E-state index contributed by atoms with van der Waals surface area (Å²) in [6.07, 6.45) is 0. The van der Waals surface area contributed by atoms with Gasteiger partial charge in [-0.15, -0.1) is 5.11 Å². The van der Waals surface area contributed by atoms with Crippen molar-refractivity contribution in [2.75, 3.05) is 14.1 Å². The van der Waals surface area contributed by atoms with Crippen LogP contribution in [0.1, 0.15) is 0 Å². The summed E-state index contributed by atoms with van der Waals surface area (Å²) in [7, 11) is 3.58. The number of rotatable bonds is 2. The Kier molecular flexibility index (Phi) is 2.55. The second kappa shape index (κ2) is 3.86. The molecule has 0 fully saturated rings. The van der Waals surface area contributed by atoms with Gasteiger partial charge in [0.05, 0.1) is 15.9 Å². The summed E-state index contributed by atoms with van der Waals surface area (Å²) >= 11 is 6.04. The Morgan fingerprint density at radius 3 is 2.93 bits per heavy atom. The van der Waals surface area contributed by atoms with Gasteiger partial charge in [0.15, 0.2) is 0 Å². The van der Waals surface area contributed by atoms with Gasteiger partial charge in [-0.1, -0.05) is 22.9 Å². The highest BCUT2D eigenvalue weighted by molar-refractivity contribution is 6.36. The fourth-order valence-electron chi connectivity index (χ4n) is 1.22. The molecule has 0 unspecified atom stereocenters. The minimum absolute atomic E-state index is 0.504. The molecule has 0 amide bonds. The first kappa shape index (κ1) is 9.92. The molecule has 0 aliphatic rings. The van der Waals surface area contributed by atoms with Gasteiger partial charge in [0, 0.05) is 14.1 Å². The van der Waals surface area contributed by atoms with Crippen molar-refractivity contribution >= 4 is 28.3 Å². The summed E-state index contributed by atoms with van der Waals surface area (Å²) in [6.45, 7) is 0. The summed E-state index contributed by atoms with van der Waals surface area (Å²) in [5.41, 5.74) is 0.857. The van der Waals surface area contributed by atoms with Gasteiger partial charge in [-0.05, 0) is 12.1 Å². The first-order valence-electron chi connectivity index (χ1n) is 4.40. The summed E-state index contributed by atoms with van der Waals surface area (Å²) in [4.78, 5) is 0. The Labute approximate surface area is 91.7 Å². The van der Waals surface area contributed by atoms with Gasteiger partial charge in [0.25, 0.3) is 0 Å². The zero-order valence-corrected chi connectivity index (χ0v) is 9.15. The number of aromatic amines is 1. The standard InChI is InChI=1S/C9H10ClN5/c1-15(2)14-13-9-8-6(10)4-3-5-7(8)11-12-9/h3-5H,1-2H3,(H,11,12). The predicted octanol–water partition coefficient (Wildman–Crippen LogP) is 2.78. The normalized spacial score (nSPS) is 11.4. The van der Waals surface area contributed by atoms with Gasteiger partial charge in [-0.2, -0.15) is 5.10 Å². The molecule has 0 aliphatic carbocycles. The topological polar surface area (TPSA) is 56.6 Å². The number of fused-ring (bicyclic) bond motifs is 1. The Morgan fingerprint density at radius 1 is 1.40 bits per heavy atom. The predicted molar refractivity (Wildman–Crippen MR) is 59.3 cm³/mol. The molecule has 0 radical (unpaired) electrons. The number of aromatic nitrogens is 2. The quantitative estimate of drug-likeness (QED) is 0.629. The molecule has 2 aromatic rings. The number of nitrogens with one attached hydrogen (secondary N) is 1. The summed E-state index contributed by atoms with van der Waals surface area (Å²) in [5.74, 6) is 0.504. The van der Waals surface area contributed by atoms with Crippen LogP contribution in [0.4, 0.5) is 5.82 Å². The van der Waals surface area contributed by atoms with Gasteiger partial charge in [-0.25, -0.2) is 0 Å². The zero-order chi connectivity index (χ0) is 10.8. The van der Waals surface area contributed by atoms with Gasteiger partial charge in [-0.3, -0.25) is 10.1 Å². The van der Waals surface area contributed by atoms with E-state index in [1.54, 1.807) is 25.2 Å². The molecule has 0 spiro atoms. The number of hydrogen-bond donors (Lipinski definition) is 1. The number of nitrogens with zero attached hydrogens (tertiary/aromatic N) is 4. The molecule has 1 N–H and O–H groups in total. The SMILES string of the molecule is CN(C)N=Nc1n[nH]c2cccc(Cl)c12. The van der Waals surface area contributed by atoms with Crippen molar-refractivity contribution in [3.8, 4) is 0 Å². The van der Waals surface area contributed by atoms with E-state index < -0.39 is 0 Å². The molecular weight excluding hydrogens is 214 g/mol. The number of H-pyrrole nitrogens is 1. The average Bonchev–Trinajstić information content (AvgIpc) is 2.59. The van der Waals surface area contributed by atoms with Gasteiger partial charge in [0.1, 0.15) is 0 Å². The fourth-order valence-corrected chi connectivity index (χ4v) is 1.48. The first-order valence-corrected chi connectivity index (χ1v) is 4.78. The highest BCUT2D eigenvalue weighted by Crippen LogP contribution is 2.30. The third-order valence-electron chi connectivity index (χ3n) is 1.84. The first-order chi connectivity index (χ1) is 7.18. The maximum atomic E-state index is 6.04. The maximum absolute atomic E-state index is 6.04. The number of hydrogen-bond acceptors (Lipinski definition) is 3. The van der Waals surface area contributed by atoms with Crippen LogP contribution in [0, 0.1) is 0 Å². The van der Waals surface area contributed by atoms with Crippen molar-refractivity contribution in [2.24, 2.45) is 10.3 Å². The highest BCUT2D eigenvalue weighted by Gasteiger charge is 2.07. The van der Waals surface area contributed by atoms with Crippen molar-refractivity contribution in [2.45, 2.75) is 0 Å². The fraction of sp³-hybridized carbons (Fsp3) is 0.222. The Hall–Kier alpha value is -1.62. The van der Waals surface area contributed by atoms with Gasteiger partial charge < -0.3 is 0 Å². The Balaban J connectivity index is 2.53. The third kappa shape index (κ3) is 1.92. The summed E-state index contributed by atoms with van der Waals surface area (Å²) < 4.78 is 0.